The van der Waals surface area contributed by atoms with Crippen LogP contribution in [-0.4, -0.2) is 16.8 Å². The van der Waals surface area contributed by atoms with Gasteiger partial charge in [0.05, 0.1) is 23.1 Å². The summed E-state index contributed by atoms with van der Waals surface area (Å²) >= 11 is 6.36. The number of aromatic hydroxyl groups is 1. The molecule has 1 N–H and O–H groups in total. The van der Waals surface area contributed by atoms with Crippen LogP contribution in [0.1, 0.15) is 19.4 Å². The third kappa shape index (κ3) is 2.13. The number of halogens is 1. The lowest BCUT2D eigenvalue weighted by Crippen LogP contribution is -2.26. The molecule has 114 valence electrons. The molecule has 3 aromatic rings. The van der Waals surface area contributed by atoms with Crippen LogP contribution in [0.4, 0.5) is 0 Å². The molecule has 4 heteroatoms. The highest BCUT2D eigenvalue weighted by Gasteiger charge is 2.27. The Bertz CT molecular complexity index is 822. The molecule has 3 rings (SSSR count). The fourth-order valence-electron chi connectivity index (χ4n) is 2.80. The summed E-state index contributed by atoms with van der Waals surface area (Å²) in [6, 6.07) is 13.8. The van der Waals surface area contributed by atoms with E-state index in [0.717, 1.165) is 10.9 Å². The molecular formula is C18H18ClNO2. The lowest BCUT2D eigenvalue weighted by Gasteiger charge is -2.28. The molecule has 2 aromatic carbocycles. The highest BCUT2D eigenvalue weighted by atomic mass is 35.5. The number of nitrogens with zero attached hydrogens (tertiary/aromatic N) is 1. The third-order valence-corrected chi connectivity index (χ3v) is 4.54. The van der Waals surface area contributed by atoms with E-state index in [0.29, 0.717) is 16.2 Å². The van der Waals surface area contributed by atoms with Crippen molar-refractivity contribution in [3.05, 3.63) is 59.2 Å². The zero-order chi connectivity index (χ0) is 15.9. The summed E-state index contributed by atoms with van der Waals surface area (Å²) in [7, 11) is 1.56. The Morgan fingerprint density at radius 2 is 1.77 bits per heavy atom. The van der Waals surface area contributed by atoms with E-state index in [1.54, 1.807) is 7.11 Å². The Balaban J connectivity index is 2.24. The molecule has 1 aromatic heterocycles. The molecule has 1 heterocycles. The molecule has 0 amide bonds. The van der Waals surface area contributed by atoms with Gasteiger partial charge in [0.25, 0.3) is 0 Å². The van der Waals surface area contributed by atoms with Gasteiger partial charge < -0.3 is 14.4 Å². The van der Waals surface area contributed by atoms with Gasteiger partial charge in [-0.1, -0.05) is 41.9 Å². The SMILES string of the molecule is COc1ccc2cn(C(C)(C)c3ccccc3)c(O)c2c1Cl. The molecule has 3 nitrogen and oxygen atoms in total. The molecule has 0 saturated carbocycles. The lowest BCUT2D eigenvalue weighted by molar-refractivity contribution is 0.350. The van der Waals surface area contributed by atoms with E-state index in [-0.39, 0.29) is 5.88 Å². The van der Waals surface area contributed by atoms with E-state index in [1.807, 2.05) is 53.2 Å². The van der Waals surface area contributed by atoms with E-state index >= 15 is 0 Å². The van der Waals surface area contributed by atoms with Crippen LogP contribution in [0.15, 0.2) is 48.7 Å². The fourth-order valence-corrected chi connectivity index (χ4v) is 3.13. The van der Waals surface area contributed by atoms with Crippen molar-refractivity contribution in [1.82, 2.24) is 4.57 Å². The average Bonchev–Trinajstić information content (AvgIpc) is 2.87. The Morgan fingerprint density at radius 1 is 1.09 bits per heavy atom. The van der Waals surface area contributed by atoms with E-state index in [4.69, 9.17) is 16.3 Å². The van der Waals surface area contributed by atoms with E-state index in [1.165, 1.54) is 0 Å². The van der Waals surface area contributed by atoms with E-state index < -0.39 is 5.54 Å². The fraction of sp³-hybridized carbons (Fsp3) is 0.222. The summed E-state index contributed by atoms with van der Waals surface area (Å²) in [5, 5.41) is 12.6. The number of fused-ring (bicyclic) bond motifs is 1. The average molecular weight is 316 g/mol. The van der Waals surface area contributed by atoms with Gasteiger partial charge in [-0.3, -0.25) is 0 Å². The summed E-state index contributed by atoms with van der Waals surface area (Å²) in [6.07, 6.45) is 1.92. The number of hydrogen-bond donors (Lipinski definition) is 1. The monoisotopic (exact) mass is 315 g/mol. The number of rotatable bonds is 3. The molecule has 0 atom stereocenters. The summed E-state index contributed by atoms with van der Waals surface area (Å²) in [5.74, 6) is 0.701. The first kappa shape index (κ1) is 14.8. The summed E-state index contributed by atoms with van der Waals surface area (Å²) in [4.78, 5) is 0. The first-order chi connectivity index (χ1) is 10.5. The Kier molecular flexibility index (Phi) is 3.53. The summed E-state index contributed by atoms with van der Waals surface area (Å²) < 4.78 is 7.08. The second-order valence-corrected chi connectivity index (χ2v) is 6.17. The lowest BCUT2D eigenvalue weighted by atomic mass is 9.94. The molecule has 0 aliphatic rings. The van der Waals surface area contributed by atoms with Gasteiger partial charge in [0.1, 0.15) is 5.75 Å². The first-order valence-corrected chi connectivity index (χ1v) is 7.47. The van der Waals surface area contributed by atoms with Crippen LogP contribution < -0.4 is 4.74 Å². The smallest absolute Gasteiger partial charge is 0.201 e. The van der Waals surface area contributed by atoms with Crippen molar-refractivity contribution in [2.45, 2.75) is 19.4 Å². The molecule has 22 heavy (non-hydrogen) atoms. The summed E-state index contributed by atoms with van der Waals surface area (Å²) in [6.45, 7) is 4.12. The largest absolute Gasteiger partial charge is 0.495 e. The number of methoxy groups -OCH3 is 1. The zero-order valence-corrected chi connectivity index (χ0v) is 13.6. The predicted molar refractivity (Wildman–Crippen MR) is 90.0 cm³/mol. The highest BCUT2D eigenvalue weighted by molar-refractivity contribution is 6.37. The molecule has 0 spiro atoms. The molecular weight excluding hydrogens is 298 g/mol. The van der Waals surface area contributed by atoms with Crippen LogP contribution in [0.2, 0.25) is 5.02 Å². The van der Waals surface area contributed by atoms with Crippen LogP contribution in [0, 0.1) is 0 Å². The van der Waals surface area contributed by atoms with E-state index in [2.05, 4.69) is 13.8 Å². The van der Waals surface area contributed by atoms with Crippen LogP contribution in [-0.2, 0) is 5.54 Å². The maximum atomic E-state index is 10.7. The number of aromatic nitrogens is 1. The summed E-state index contributed by atoms with van der Waals surface area (Å²) in [5.41, 5.74) is 0.703. The van der Waals surface area contributed by atoms with Gasteiger partial charge in [-0.25, -0.2) is 0 Å². The minimum atomic E-state index is -0.402. The third-order valence-electron chi connectivity index (χ3n) is 4.16. The topological polar surface area (TPSA) is 34.4 Å². The van der Waals surface area contributed by atoms with Crippen molar-refractivity contribution in [1.29, 1.82) is 0 Å². The van der Waals surface area contributed by atoms with Crippen molar-refractivity contribution in [2.75, 3.05) is 7.11 Å². The molecule has 0 aliphatic heterocycles. The predicted octanol–water partition coefficient (Wildman–Crippen LogP) is 4.79. The maximum Gasteiger partial charge on any atom is 0.201 e. The number of ether oxygens (including phenoxy) is 1. The molecule has 0 fully saturated rings. The standard InChI is InChI=1S/C18H18ClNO2/c1-18(2,13-7-5-4-6-8-13)20-11-12-9-10-14(22-3)16(19)15(12)17(20)21/h4-11,21H,1-3H3. The van der Waals surface area contributed by atoms with Gasteiger partial charge >= 0.3 is 0 Å². The second-order valence-electron chi connectivity index (χ2n) is 5.79. The van der Waals surface area contributed by atoms with Crippen LogP contribution in [0.5, 0.6) is 11.6 Å². The Labute approximate surface area is 134 Å². The van der Waals surface area contributed by atoms with Crippen molar-refractivity contribution in [3.8, 4) is 11.6 Å². The number of hydrogen-bond acceptors (Lipinski definition) is 2. The van der Waals surface area contributed by atoms with Gasteiger partial charge in [-0.2, -0.15) is 0 Å². The van der Waals surface area contributed by atoms with E-state index in [9.17, 15) is 5.11 Å². The van der Waals surface area contributed by atoms with Crippen molar-refractivity contribution in [2.24, 2.45) is 0 Å². The molecule has 0 bridgehead atoms. The first-order valence-electron chi connectivity index (χ1n) is 7.09. The highest BCUT2D eigenvalue weighted by Crippen LogP contribution is 2.42. The number of benzene rings is 2. The minimum Gasteiger partial charge on any atom is -0.495 e. The van der Waals surface area contributed by atoms with Crippen molar-refractivity contribution < 1.29 is 9.84 Å². The maximum absolute atomic E-state index is 10.7. The quantitative estimate of drug-likeness (QED) is 0.754. The van der Waals surface area contributed by atoms with Crippen LogP contribution >= 0.6 is 11.6 Å². The normalized spacial score (nSPS) is 11.8. The van der Waals surface area contributed by atoms with Gasteiger partial charge in [0, 0.05) is 11.6 Å². The van der Waals surface area contributed by atoms with Crippen LogP contribution in [0.3, 0.4) is 0 Å². The van der Waals surface area contributed by atoms with Gasteiger partial charge in [0.15, 0.2) is 0 Å². The minimum absolute atomic E-state index is 0.146. The molecule has 0 radical (unpaired) electrons. The van der Waals surface area contributed by atoms with Crippen molar-refractivity contribution >= 4 is 22.4 Å². The zero-order valence-electron chi connectivity index (χ0n) is 12.8. The second kappa shape index (κ2) is 5.25. The van der Waals surface area contributed by atoms with Crippen molar-refractivity contribution in [3.63, 3.8) is 0 Å². The van der Waals surface area contributed by atoms with Gasteiger partial charge in [-0.05, 0) is 31.5 Å². The van der Waals surface area contributed by atoms with Gasteiger partial charge in [-0.15, -0.1) is 0 Å². The Morgan fingerprint density at radius 3 is 2.41 bits per heavy atom. The van der Waals surface area contributed by atoms with Gasteiger partial charge in [0.2, 0.25) is 5.88 Å². The molecule has 0 unspecified atom stereocenters. The van der Waals surface area contributed by atoms with Crippen LogP contribution in [0.25, 0.3) is 10.8 Å². The Hall–Kier alpha value is -2.13. The molecule has 0 saturated heterocycles. The molecule has 0 aliphatic carbocycles.